The van der Waals surface area contributed by atoms with Crippen molar-refractivity contribution in [1.82, 2.24) is 0 Å². The minimum atomic E-state index is -0.614. The van der Waals surface area contributed by atoms with Crippen molar-refractivity contribution in [2.75, 3.05) is 13.2 Å². The summed E-state index contributed by atoms with van der Waals surface area (Å²) in [5, 5.41) is 10.9. The maximum atomic E-state index is 10.4. The van der Waals surface area contributed by atoms with Gasteiger partial charge in [0.05, 0.1) is 24.3 Å². The second kappa shape index (κ2) is 7.19. The van der Waals surface area contributed by atoms with E-state index in [1.165, 1.54) is 0 Å². The third kappa shape index (κ3) is 4.88. The molecule has 1 N–H and O–H groups in total. The van der Waals surface area contributed by atoms with E-state index in [4.69, 9.17) is 21.1 Å². The molecule has 0 heterocycles. The number of hydrogen-bond acceptors (Lipinski definition) is 3. The molecule has 0 aromatic heterocycles. The highest BCUT2D eigenvalue weighted by Crippen LogP contribution is 2.39. The number of benzene rings is 1. The van der Waals surface area contributed by atoms with Gasteiger partial charge in [-0.15, -0.1) is 0 Å². The Hall–Kier alpha value is -0.930. The Balaban J connectivity index is 3.10. The number of halogens is 1. The van der Waals surface area contributed by atoms with Crippen LogP contribution in [0.3, 0.4) is 0 Å². The van der Waals surface area contributed by atoms with Gasteiger partial charge in [0.25, 0.3) is 0 Å². The van der Waals surface area contributed by atoms with Gasteiger partial charge in [0.2, 0.25) is 0 Å². The van der Waals surface area contributed by atoms with E-state index >= 15 is 0 Å². The normalized spacial score (nSPS) is 13.2. The number of rotatable bonds is 6. The van der Waals surface area contributed by atoms with Crippen LogP contribution >= 0.6 is 11.6 Å². The highest BCUT2D eigenvalue weighted by Gasteiger charge is 2.22. The van der Waals surface area contributed by atoms with Crippen LogP contribution in [0.15, 0.2) is 12.1 Å². The summed E-state index contributed by atoms with van der Waals surface area (Å²) in [7, 11) is 0. The summed E-state index contributed by atoms with van der Waals surface area (Å²) >= 11 is 6.27. The number of aliphatic hydroxyl groups excluding tert-OH is 1. The van der Waals surface area contributed by atoms with E-state index in [0.717, 1.165) is 0 Å². The van der Waals surface area contributed by atoms with Gasteiger partial charge < -0.3 is 14.6 Å². The Morgan fingerprint density at radius 2 is 1.60 bits per heavy atom. The summed E-state index contributed by atoms with van der Waals surface area (Å²) in [6.07, 6.45) is 0.0177. The molecule has 0 fully saturated rings. The lowest BCUT2D eigenvalue weighted by Crippen LogP contribution is -2.12. The zero-order valence-corrected chi connectivity index (χ0v) is 13.8. The SMILES string of the molecule is CCOc1cc(Cl)c(C(O)CC(C)(C)C)cc1OCC. The Morgan fingerprint density at radius 1 is 1.10 bits per heavy atom. The molecule has 0 radical (unpaired) electrons. The molecule has 114 valence electrons. The molecular formula is C16H25ClO3. The quantitative estimate of drug-likeness (QED) is 0.834. The fourth-order valence-electron chi connectivity index (χ4n) is 2.03. The Kier molecular flexibility index (Phi) is 6.15. The zero-order chi connectivity index (χ0) is 15.3. The molecule has 0 aliphatic heterocycles. The van der Waals surface area contributed by atoms with Crippen molar-refractivity contribution in [3.8, 4) is 11.5 Å². The minimum absolute atomic E-state index is 0.0209. The predicted molar refractivity (Wildman–Crippen MR) is 82.8 cm³/mol. The molecule has 1 aromatic carbocycles. The van der Waals surface area contributed by atoms with Crippen molar-refractivity contribution in [2.24, 2.45) is 5.41 Å². The molecule has 0 amide bonds. The summed E-state index contributed by atoms with van der Waals surface area (Å²) < 4.78 is 11.1. The van der Waals surface area contributed by atoms with Gasteiger partial charge in [-0.1, -0.05) is 32.4 Å². The van der Waals surface area contributed by atoms with Crippen LogP contribution in [-0.4, -0.2) is 18.3 Å². The fraction of sp³-hybridized carbons (Fsp3) is 0.625. The molecule has 0 spiro atoms. The Labute approximate surface area is 126 Å². The molecular weight excluding hydrogens is 276 g/mol. The van der Waals surface area contributed by atoms with Crippen LogP contribution in [0.2, 0.25) is 5.02 Å². The summed E-state index contributed by atoms with van der Waals surface area (Å²) in [4.78, 5) is 0. The van der Waals surface area contributed by atoms with E-state index < -0.39 is 6.10 Å². The van der Waals surface area contributed by atoms with Gasteiger partial charge in [-0.3, -0.25) is 0 Å². The van der Waals surface area contributed by atoms with Crippen LogP contribution < -0.4 is 9.47 Å². The fourth-order valence-corrected chi connectivity index (χ4v) is 2.31. The molecule has 4 heteroatoms. The standard InChI is InChI=1S/C16H25ClO3/c1-6-19-14-8-11(13(18)10-16(3,4)5)12(17)9-15(14)20-7-2/h8-9,13,18H,6-7,10H2,1-5H3. The monoisotopic (exact) mass is 300 g/mol. The molecule has 0 saturated carbocycles. The molecule has 0 bridgehead atoms. The van der Waals surface area contributed by atoms with Crippen LogP contribution in [0.5, 0.6) is 11.5 Å². The third-order valence-electron chi connectivity index (χ3n) is 2.83. The van der Waals surface area contributed by atoms with E-state index in [1.54, 1.807) is 12.1 Å². The minimum Gasteiger partial charge on any atom is -0.490 e. The molecule has 0 aliphatic carbocycles. The van der Waals surface area contributed by atoms with Gasteiger partial charge in [-0.05, 0) is 31.7 Å². The van der Waals surface area contributed by atoms with Gasteiger partial charge in [-0.25, -0.2) is 0 Å². The van der Waals surface area contributed by atoms with Crippen LogP contribution in [0.25, 0.3) is 0 Å². The molecule has 1 atom stereocenters. The third-order valence-corrected chi connectivity index (χ3v) is 3.15. The lowest BCUT2D eigenvalue weighted by atomic mass is 9.87. The lowest BCUT2D eigenvalue weighted by molar-refractivity contribution is 0.122. The summed E-state index contributed by atoms with van der Waals surface area (Å²) in [5.41, 5.74) is 0.709. The molecule has 1 unspecified atom stereocenters. The van der Waals surface area contributed by atoms with E-state index in [2.05, 4.69) is 20.8 Å². The van der Waals surface area contributed by atoms with E-state index in [0.29, 0.717) is 41.7 Å². The first-order valence-corrected chi connectivity index (χ1v) is 7.43. The van der Waals surface area contributed by atoms with Crippen LogP contribution in [0.1, 0.15) is 52.7 Å². The van der Waals surface area contributed by atoms with E-state index in [9.17, 15) is 5.11 Å². The highest BCUT2D eigenvalue weighted by molar-refractivity contribution is 6.31. The molecule has 1 aromatic rings. The van der Waals surface area contributed by atoms with Gasteiger partial charge >= 0.3 is 0 Å². The zero-order valence-electron chi connectivity index (χ0n) is 13.0. The second-order valence-electron chi connectivity index (χ2n) is 5.97. The number of ether oxygens (including phenoxy) is 2. The first-order chi connectivity index (χ1) is 9.28. The summed E-state index contributed by atoms with van der Waals surface area (Å²) in [5.74, 6) is 1.24. The first-order valence-electron chi connectivity index (χ1n) is 7.05. The predicted octanol–water partition coefficient (Wildman–Crippen LogP) is 4.61. The average molecular weight is 301 g/mol. The van der Waals surface area contributed by atoms with Crippen LogP contribution in [0, 0.1) is 5.41 Å². The van der Waals surface area contributed by atoms with Crippen molar-refractivity contribution >= 4 is 11.6 Å². The molecule has 20 heavy (non-hydrogen) atoms. The molecule has 1 rings (SSSR count). The highest BCUT2D eigenvalue weighted by atomic mass is 35.5. The lowest BCUT2D eigenvalue weighted by Gasteiger charge is -2.24. The van der Waals surface area contributed by atoms with Crippen LogP contribution in [-0.2, 0) is 0 Å². The molecule has 3 nitrogen and oxygen atoms in total. The first kappa shape index (κ1) is 17.1. The largest absolute Gasteiger partial charge is 0.490 e. The topological polar surface area (TPSA) is 38.7 Å². The number of aliphatic hydroxyl groups is 1. The van der Waals surface area contributed by atoms with E-state index in [1.807, 2.05) is 13.8 Å². The van der Waals surface area contributed by atoms with Gasteiger partial charge in [-0.2, -0.15) is 0 Å². The maximum Gasteiger partial charge on any atom is 0.162 e. The Morgan fingerprint density at radius 3 is 2.05 bits per heavy atom. The van der Waals surface area contributed by atoms with E-state index in [-0.39, 0.29) is 5.41 Å². The van der Waals surface area contributed by atoms with Crippen molar-refractivity contribution in [3.05, 3.63) is 22.7 Å². The van der Waals surface area contributed by atoms with Crippen LogP contribution in [0.4, 0.5) is 0 Å². The molecule has 0 saturated heterocycles. The summed E-state index contributed by atoms with van der Waals surface area (Å²) in [6.45, 7) is 11.2. The van der Waals surface area contributed by atoms with Crippen molar-refractivity contribution < 1.29 is 14.6 Å². The number of hydrogen-bond donors (Lipinski definition) is 1. The summed E-state index contributed by atoms with van der Waals surface area (Å²) in [6, 6.07) is 3.50. The smallest absolute Gasteiger partial charge is 0.162 e. The van der Waals surface area contributed by atoms with Crippen molar-refractivity contribution in [2.45, 2.75) is 47.1 Å². The second-order valence-corrected chi connectivity index (χ2v) is 6.37. The Bertz CT molecular complexity index is 438. The average Bonchev–Trinajstić information content (AvgIpc) is 2.30. The van der Waals surface area contributed by atoms with Gasteiger partial charge in [0.1, 0.15) is 0 Å². The maximum absolute atomic E-state index is 10.4. The van der Waals surface area contributed by atoms with Crippen molar-refractivity contribution in [1.29, 1.82) is 0 Å². The molecule has 0 aliphatic rings. The van der Waals surface area contributed by atoms with Gasteiger partial charge in [0, 0.05) is 11.6 Å². The van der Waals surface area contributed by atoms with Gasteiger partial charge in [0.15, 0.2) is 11.5 Å². The van der Waals surface area contributed by atoms with Crippen molar-refractivity contribution in [3.63, 3.8) is 0 Å².